The molecule has 1 aliphatic heterocycles. The molecule has 4 rings (SSSR count). The van der Waals surface area contributed by atoms with Gasteiger partial charge in [0.1, 0.15) is 17.1 Å². The van der Waals surface area contributed by atoms with Gasteiger partial charge < -0.3 is 10.0 Å². The lowest BCUT2D eigenvalue weighted by Gasteiger charge is -2.23. The summed E-state index contributed by atoms with van der Waals surface area (Å²) in [7, 11) is 0. The second kappa shape index (κ2) is 5.77. The highest BCUT2D eigenvalue weighted by Gasteiger charge is 2.40. The first-order valence-electron chi connectivity index (χ1n) is 8.40. The molecule has 1 aliphatic rings. The summed E-state index contributed by atoms with van der Waals surface area (Å²) in [5.74, 6) is -0.305. The number of aromatic nitrogens is 4. The first-order chi connectivity index (χ1) is 12.0. The maximum atomic E-state index is 13.4. The number of anilines is 1. The van der Waals surface area contributed by atoms with Crippen LogP contribution in [0.15, 0.2) is 36.7 Å². The van der Waals surface area contributed by atoms with E-state index in [1.54, 1.807) is 16.9 Å². The zero-order valence-corrected chi connectivity index (χ0v) is 14.2. The smallest absolute Gasteiger partial charge is 0.129 e. The monoisotopic (exact) mass is 341 g/mol. The van der Waals surface area contributed by atoms with Crippen LogP contribution in [-0.2, 0) is 5.60 Å². The summed E-state index contributed by atoms with van der Waals surface area (Å²) in [6, 6.07) is 6.69. The first kappa shape index (κ1) is 16.0. The van der Waals surface area contributed by atoms with Crippen molar-refractivity contribution in [3.63, 3.8) is 0 Å². The van der Waals surface area contributed by atoms with Gasteiger partial charge in [0, 0.05) is 42.3 Å². The van der Waals surface area contributed by atoms with E-state index in [1.165, 1.54) is 12.1 Å². The van der Waals surface area contributed by atoms with E-state index in [1.807, 2.05) is 26.1 Å². The number of hydrogen-bond donors (Lipinski definition) is 1. The number of pyridine rings is 1. The highest BCUT2D eigenvalue weighted by Crippen LogP contribution is 2.36. The van der Waals surface area contributed by atoms with Gasteiger partial charge >= 0.3 is 0 Å². The van der Waals surface area contributed by atoms with E-state index >= 15 is 0 Å². The molecular weight excluding hydrogens is 321 g/mol. The molecule has 130 valence electrons. The van der Waals surface area contributed by atoms with Gasteiger partial charge in [0.05, 0.1) is 18.3 Å². The molecule has 1 atom stereocenters. The Kier molecular flexibility index (Phi) is 3.68. The van der Waals surface area contributed by atoms with Gasteiger partial charge in [0.25, 0.3) is 0 Å². The Morgan fingerprint density at radius 1 is 1.28 bits per heavy atom. The standard InChI is InChI=1S/C18H20FN5O/c1-12(2)24-10-17(21-22-24)18(25)6-8-23(11-18)16-5-7-20-15-9-13(19)3-4-14(15)16/h3-5,7,9-10,12,25H,6,8,11H2,1-2H3. The lowest BCUT2D eigenvalue weighted by molar-refractivity contribution is 0.0559. The molecule has 0 bridgehead atoms. The zero-order valence-electron chi connectivity index (χ0n) is 14.2. The number of nitrogens with zero attached hydrogens (tertiary/aromatic N) is 5. The van der Waals surface area contributed by atoms with Crippen LogP contribution in [0.4, 0.5) is 10.1 Å². The van der Waals surface area contributed by atoms with Crippen molar-refractivity contribution in [2.75, 3.05) is 18.0 Å². The van der Waals surface area contributed by atoms with Crippen molar-refractivity contribution in [2.24, 2.45) is 0 Å². The molecule has 1 N–H and O–H groups in total. The number of β-amino-alcohol motifs (C(OH)–C–C–N with tert-alkyl or cyclic N) is 1. The van der Waals surface area contributed by atoms with Crippen LogP contribution in [0, 0.1) is 5.82 Å². The predicted molar refractivity (Wildman–Crippen MR) is 92.8 cm³/mol. The Bertz CT molecular complexity index is 925. The van der Waals surface area contributed by atoms with Crippen LogP contribution >= 0.6 is 0 Å². The molecule has 1 unspecified atom stereocenters. The first-order valence-corrected chi connectivity index (χ1v) is 8.40. The number of hydrogen-bond acceptors (Lipinski definition) is 5. The zero-order chi connectivity index (χ0) is 17.6. The molecule has 25 heavy (non-hydrogen) atoms. The molecule has 1 fully saturated rings. The van der Waals surface area contributed by atoms with Crippen molar-refractivity contribution >= 4 is 16.6 Å². The summed E-state index contributed by atoms with van der Waals surface area (Å²) in [5.41, 5.74) is 1.10. The Morgan fingerprint density at radius 3 is 2.88 bits per heavy atom. The third-order valence-corrected chi connectivity index (χ3v) is 4.79. The van der Waals surface area contributed by atoms with Crippen molar-refractivity contribution in [1.82, 2.24) is 20.0 Å². The van der Waals surface area contributed by atoms with Gasteiger partial charge in [0.15, 0.2) is 0 Å². The Labute approximate surface area is 144 Å². The number of aliphatic hydroxyl groups is 1. The van der Waals surface area contributed by atoms with Crippen molar-refractivity contribution < 1.29 is 9.50 Å². The summed E-state index contributed by atoms with van der Waals surface area (Å²) in [5, 5.41) is 20.2. The molecular formula is C18H20FN5O. The molecule has 1 saturated heterocycles. The van der Waals surface area contributed by atoms with Crippen molar-refractivity contribution in [1.29, 1.82) is 0 Å². The molecule has 0 saturated carbocycles. The van der Waals surface area contributed by atoms with E-state index in [4.69, 9.17) is 0 Å². The Morgan fingerprint density at radius 2 is 2.12 bits per heavy atom. The highest BCUT2D eigenvalue weighted by atomic mass is 19.1. The van der Waals surface area contributed by atoms with Gasteiger partial charge in [-0.15, -0.1) is 5.10 Å². The molecule has 0 radical (unpaired) electrons. The van der Waals surface area contributed by atoms with Crippen molar-refractivity contribution in [3.05, 3.63) is 48.2 Å². The molecule has 3 aromatic rings. The fourth-order valence-corrected chi connectivity index (χ4v) is 3.33. The van der Waals surface area contributed by atoms with Crippen LogP contribution < -0.4 is 4.90 Å². The number of rotatable bonds is 3. The van der Waals surface area contributed by atoms with Crippen LogP contribution in [0.5, 0.6) is 0 Å². The minimum Gasteiger partial charge on any atom is -0.381 e. The minimum atomic E-state index is -1.04. The fraction of sp³-hybridized carbons (Fsp3) is 0.389. The largest absolute Gasteiger partial charge is 0.381 e. The summed E-state index contributed by atoms with van der Waals surface area (Å²) in [6.45, 7) is 5.14. The average Bonchev–Trinajstić information content (AvgIpc) is 3.22. The molecule has 7 heteroatoms. The lowest BCUT2D eigenvalue weighted by atomic mass is 10.00. The molecule has 6 nitrogen and oxygen atoms in total. The summed E-state index contributed by atoms with van der Waals surface area (Å²) in [6.07, 6.45) is 4.05. The number of benzene rings is 1. The van der Waals surface area contributed by atoms with E-state index < -0.39 is 5.60 Å². The minimum absolute atomic E-state index is 0.196. The second-order valence-electron chi connectivity index (χ2n) is 6.87. The Balaban J connectivity index is 1.66. The van der Waals surface area contributed by atoms with E-state index in [0.717, 1.165) is 11.1 Å². The fourth-order valence-electron chi connectivity index (χ4n) is 3.33. The van der Waals surface area contributed by atoms with Crippen LogP contribution in [-0.4, -0.2) is 38.2 Å². The van der Waals surface area contributed by atoms with Gasteiger partial charge in [-0.25, -0.2) is 9.07 Å². The number of fused-ring (bicyclic) bond motifs is 1. The van der Waals surface area contributed by atoms with Crippen LogP contribution in [0.3, 0.4) is 0 Å². The van der Waals surface area contributed by atoms with Crippen LogP contribution in [0.1, 0.15) is 32.0 Å². The van der Waals surface area contributed by atoms with Crippen molar-refractivity contribution in [2.45, 2.75) is 31.9 Å². The van der Waals surface area contributed by atoms with Gasteiger partial charge in [-0.3, -0.25) is 4.98 Å². The normalized spacial score (nSPS) is 20.8. The SMILES string of the molecule is CC(C)n1cc(C2(O)CCN(c3ccnc4cc(F)ccc34)C2)nn1. The molecule has 3 heterocycles. The van der Waals surface area contributed by atoms with Gasteiger partial charge in [0.2, 0.25) is 0 Å². The summed E-state index contributed by atoms with van der Waals surface area (Å²) in [4.78, 5) is 6.33. The van der Waals surface area contributed by atoms with Gasteiger partial charge in [-0.1, -0.05) is 5.21 Å². The van der Waals surface area contributed by atoms with Gasteiger partial charge in [-0.05, 0) is 32.0 Å². The van der Waals surface area contributed by atoms with Crippen LogP contribution in [0.25, 0.3) is 10.9 Å². The molecule has 0 spiro atoms. The topological polar surface area (TPSA) is 67.1 Å². The average molecular weight is 341 g/mol. The molecule has 2 aromatic heterocycles. The quantitative estimate of drug-likeness (QED) is 0.793. The third-order valence-electron chi connectivity index (χ3n) is 4.79. The summed E-state index contributed by atoms with van der Waals surface area (Å²) >= 11 is 0. The van der Waals surface area contributed by atoms with E-state index in [0.29, 0.717) is 30.7 Å². The molecule has 0 amide bonds. The lowest BCUT2D eigenvalue weighted by Crippen LogP contribution is -2.31. The van der Waals surface area contributed by atoms with Crippen molar-refractivity contribution in [3.8, 4) is 0 Å². The van der Waals surface area contributed by atoms with E-state index in [-0.39, 0.29) is 11.9 Å². The molecule has 0 aliphatic carbocycles. The maximum Gasteiger partial charge on any atom is 0.129 e. The molecule has 1 aromatic carbocycles. The second-order valence-corrected chi connectivity index (χ2v) is 6.87. The number of halogens is 1. The maximum absolute atomic E-state index is 13.4. The van der Waals surface area contributed by atoms with Gasteiger partial charge in [-0.2, -0.15) is 0 Å². The highest BCUT2D eigenvalue weighted by molar-refractivity contribution is 5.91. The summed E-state index contributed by atoms with van der Waals surface area (Å²) < 4.78 is 15.2. The predicted octanol–water partition coefficient (Wildman–Crippen LogP) is 2.64. The Hall–Kier alpha value is -2.54. The third kappa shape index (κ3) is 2.74. The van der Waals surface area contributed by atoms with E-state index in [9.17, 15) is 9.50 Å². The van der Waals surface area contributed by atoms with Crippen LogP contribution in [0.2, 0.25) is 0 Å². The van der Waals surface area contributed by atoms with E-state index in [2.05, 4.69) is 20.2 Å².